The van der Waals surface area contributed by atoms with Gasteiger partial charge in [0, 0.05) is 30.3 Å². The number of carbonyl (C=O) groups is 1. The average molecular weight is 361 g/mol. The zero-order valence-electron chi connectivity index (χ0n) is 14.3. The summed E-state index contributed by atoms with van der Waals surface area (Å²) < 4.78 is 12.9. The number of nitrogens with one attached hydrogen (secondary N) is 1. The fourth-order valence-corrected chi connectivity index (χ4v) is 3.42. The van der Waals surface area contributed by atoms with Crippen LogP contribution in [0.25, 0.3) is 0 Å². The largest absolute Gasteiger partial charge is 0.371 e. The van der Waals surface area contributed by atoms with Crippen LogP contribution < -0.4 is 10.2 Å². The third-order valence-electron chi connectivity index (χ3n) is 4.66. The molecule has 2 aromatic rings. The molecule has 1 unspecified atom stereocenters. The van der Waals surface area contributed by atoms with E-state index < -0.39 is 0 Å². The lowest BCUT2D eigenvalue weighted by Gasteiger charge is -2.21. The molecular formula is C20H22ClFN2O. The summed E-state index contributed by atoms with van der Waals surface area (Å²) in [6, 6.07) is 12.0. The molecule has 132 valence electrons. The van der Waals surface area contributed by atoms with Crippen molar-refractivity contribution < 1.29 is 9.18 Å². The molecule has 1 amide bonds. The van der Waals surface area contributed by atoms with Crippen molar-refractivity contribution in [3.63, 3.8) is 0 Å². The molecule has 0 saturated carbocycles. The summed E-state index contributed by atoms with van der Waals surface area (Å²) in [5, 5.41) is 3.75. The number of amides is 1. The summed E-state index contributed by atoms with van der Waals surface area (Å²) in [5.41, 5.74) is 3.21. The van der Waals surface area contributed by atoms with Gasteiger partial charge in [0.15, 0.2) is 0 Å². The zero-order chi connectivity index (χ0) is 17.8. The molecule has 0 radical (unpaired) electrons. The van der Waals surface area contributed by atoms with E-state index in [1.54, 1.807) is 12.1 Å². The first-order valence-corrected chi connectivity index (χ1v) is 8.91. The molecule has 3 nitrogen and oxygen atoms in total. The molecule has 5 heteroatoms. The minimum absolute atomic E-state index is 0.0241. The number of anilines is 1. The normalized spacial score (nSPS) is 16.9. The molecule has 1 aliphatic heterocycles. The van der Waals surface area contributed by atoms with Gasteiger partial charge in [-0.25, -0.2) is 4.39 Å². The molecule has 0 bridgehead atoms. The second kappa shape index (κ2) is 7.87. The van der Waals surface area contributed by atoms with E-state index in [-0.39, 0.29) is 18.1 Å². The minimum atomic E-state index is -0.286. The Morgan fingerprint density at radius 1 is 1.28 bits per heavy atom. The van der Waals surface area contributed by atoms with Crippen LogP contribution >= 0.6 is 11.6 Å². The van der Waals surface area contributed by atoms with Gasteiger partial charge in [-0.15, -0.1) is 0 Å². The maximum absolute atomic E-state index is 12.9. The van der Waals surface area contributed by atoms with Gasteiger partial charge in [0.1, 0.15) is 5.82 Å². The Balaban J connectivity index is 1.49. The minimum Gasteiger partial charge on any atom is -0.371 e. The average Bonchev–Trinajstić information content (AvgIpc) is 3.06. The Morgan fingerprint density at radius 2 is 2.04 bits per heavy atom. The first-order valence-electron chi connectivity index (χ1n) is 8.53. The lowest BCUT2D eigenvalue weighted by Crippen LogP contribution is -2.32. The van der Waals surface area contributed by atoms with Gasteiger partial charge in [0.25, 0.3) is 0 Å². The van der Waals surface area contributed by atoms with E-state index in [4.69, 9.17) is 11.6 Å². The Kier molecular flexibility index (Phi) is 5.59. The number of benzene rings is 2. The van der Waals surface area contributed by atoms with Crippen molar-refractivity contribution in [1.29, 1.82) is 0 Å². The molecular weight excluding hydrogens is 339 g/mol. The highest BCUT2D eigenvalue weighted by atomic mass is 35.5. The summed E-state index contributed by atoms with van der Waals surface area (Å²) >= 11 is 6.11. The SMILES string of the molecule is Cc1ccc(Cl)cc1N1CCC(CNC(=O)Cc2ccc(F)cc2)C1. The molecule has 1 saturated heterocycles. The molecule has 1 aliphatic rings. The fourth-order valence-electron chi connectivity index (χ4n) is 3.25. The number of nitrogens with zero attached hydrogens (tertiary/aromatic N) is 1. The summed E-state index contributed by atoms with van der Waals surface area (Å²) in [7, 11) is 0. The van der Waals surface area contributed by atoms with Crippen molar-refractivity contribution in [3.05, 3.63) is 64.4 Å². The van der Waals surface area contributed by atoms with Crippen LogP contribution in [0.1, 0.15) is 17.5 Å². The Bertz CT molecular complexity index is 748. The van der Waals surface area contributed by atoms with Gasteiger partial charge < -0.3 is 10.2 Å². The standard InChI is InChI=1S/C20H22ClFN2O/c1-14-2-5-17(21)11-19(14)24-9-8-16(13-24)12-23-20(25)10-15-3-6-18(22)7-4-15/h2-7,11,16H,8-10,12-13H2,1H3,(H,23,25). The molecule has 25 heavy (non-hydrogen) atoms. The molecule has 0 aromatic heterocycles. The van der Waals surface area contributed by atoms with Crippen molar-refractivity contribution in [2.45, 2.75) is 19.8 Å². The zero-order valence-corrected chi connectivity index (χ0v) is 15.0. The third-order valence-corrected chi connectivity index (χ3v) is 4.90. The molecule has 1 fully saturated rings. The van der Waals surface area contributed by atoms with Crippen LogP contribution in [0.5, 0.6) is 0 Å². The summed E-state index contributed by atoms with van der Waals surface area (Å²) in [5.74, 6) is 0.117. The van der Waals surface area contributed by atoms with E-state index in [2.05, 4.69) is 17.1 Å². The van der Waals surface area contributed by atoms with Crippen molar-refractivity contribution in [2.24, 2.45) is 5.92 Å². The predicted molar refractivity (Wildman–Crippen MR) is 99.6 cm³/mol. The van der Waals surface area contributed by atoms with Crippen LogP contribution in [0.3, 0.4) is 0 Å². The summed E-state index contributed by atoms with van der Waals surface area (Å²) in [6.45, 7) is 4.64. The number of rotatable bonds is 5. The number of hydrogen-bond acceptors (Lipinski definition) is 2. The maximum atomic E-state index is 12.9. The van der Waals surface area contributed by atoms with Crippen LogP contribution in [0.15, 0.2) is 42.5 Å². The predicted octanol–water partition coefficient (Wildman–Crippen LogP) is 3.97. The highest BCUT2D eigenvalue weighted by molar-refractivity contribution is 6.30. The van der Waals surface area contributed by atoms with Gasteiger partial charge in [-0.1, -0.05) is 29.8 Å². The van der Waals surface area contributed by atoms with E-state index in [0.717, 1.165) is 30.1 Å². The van der Waals surface area contributed by atoms with Gasteiger partial charge in [0.05, 0.1) is 6.42 Å². The van der Waals surface area contributed by atoms with E-state index in [0.29, 0.717) is 12.5 Å². The summed E-state index contributed by atoms with van der Waals surface area (Å²) in [6.07, 6.45) is 1.33. The van der Waals surface area contributed by atoms with E-state index in [1.807, 2.05) is 18.2 Å². The topological polar surface area (TPSA) is 32.3 Å². The van der Waals surface area contributed by atoms with E-state index in [9.17, 15) is 9.18 Å². The van der Waals surface area contributed by atoms with Crippen molar-refractivity contribution in [3.8, 4) is 0 Å². The monoisotopic (exact) mass is 360 g/mol. The molecule has 0 aliphatic carbocycles. The van der Waals surface area contributed by atoms with Crippen LogP contribution in [0.2, 0.25) is 5.02 Å². The van der Waals surface area contributed by atoms with Gasteiger partial charge in [-0.3, -0.25) is 4.79 Å². The Hall–Kier alpha value is -2.07. The van der Waals surface area contributed by atoms with Crippen molar-refractivity contribution in [2.75, 3.05) is 24.5 Å². The second-order valence-electron chi connectivity index (χ2n) is 6.64. The van der Waals surface area contributed by atoms with Gasteiger partial charge in [-0.2, -0.15) is 0 Å². The fraction of sp³-hybridized carbons (Fsp3) is 0.350. The highest BCUT2D eigenvalue weighted by Gasteiger charge is 2.24. The van der Waals surface area contributed by atoms with Crippen molar-refractivity contribution in [1.82, 2.24) is 5.32 Å². The third kappa shape index (κ3) is 4.73. The molecule has 1 atom stereocenters. The Morgan fingerprint density at radius 3 is 2.80 bits per heavy atom. The first kappa shape index (κ1) is 17.7. The van der Waals surface area contributed by atoms with E-state index >= 15 is 0 Å². The smallest absolute Gasteiger partial charge is 0.224 e. The summed E-state index contributed by atoms with van der Waals surface area (Å²) in [4.78, 5) is 14.4. The number of carbonyl (C=O) groups excluding carboxylic acids is 1. The second-order valence-corrected chi connectivity index (χ2v) is 7.08. The molecule has 2 aromatic carbocycles. The lowest BCUT2D eigenvalue weighted by molar-refractivity contribution is -0.120. The quantitative estimate of drug-likeness (QED) is 0.875. The molecule has 3 rings (SSSR count). The number of hydrogen-bond donors (Lipinski definition) is 1. The molecule has 1 heterocycles. The van der Waals surface area contributed by atoms with Crippen LogP contribution in [-0.2, 0) is 11.2 Å². The number of aryl methyl sites for hydroxylation is 1. The number of halogens is 2. The Labute approximate surface area is 152 Å². The highest BCUT2D eigenvalue weighted by Crippen LogP contribution is 2.29. The van der Waals surface area contributed by atoms with Gasteiger partial charge in [0.2, 0.25) is 5.91 Å². The van der Waals surface area contributed by atoms with Crippen molar-refractivity contribution >= 4 is 23.2 Å². The van der Waals surface area contributed by atoms with Gasteiger partial charge in [-0.05, 0) is 54.7 Å². The maximum Gasteiger partial charge on any atom is 0.224 e. The molecule has 0 spiro atoms. The van der Waals surface area contributed by atoms with Crippen LogP contribution in [-0.4, -0.2) is 25.5 Å². The van der Waals surface area contributed by atoms with Gasteiger partial charge >= 0.3 is 0 Å². The van der Waals surface area contributed by atoms with E-state index in [1.165, 1.54) is 23.4 Å². The van der Waals surface area contributed by atoms with Crippen LogP contribution in [0.4, 0.5) is 10.1 Å². The molecule has 1 N–H and O–H groups in total. The van der Waals surface area contributed by atoms with Crippen LogP contribution in [0, 0.1) is 18.7 Å². The lowest BCUT2D eigenvalue weighted by atomic mass is 10.1. The first-order chi connectivity index (χ1) is 12.0.